The number of likely N-dealkylation sites (tertiary alicyclic amines) is 1. The van der Waals surface area contributed by atoms with Crippen LogP contribution in [0.1, 0.15) is 25.8 Å². The van der Waals surface area contributed by atoms with Crippen molar-refractivity contribution in [1.29, 1.82) is 5.26 Å². The lowest BCUT2D eigenvalue weighted by atomic mass is 10.2. The Morgan fingerprint density at radius 1 is 1.45 bits per heavy atom. The van der Waals surface area contributed by atoms with Gasteiger partial charge in [0.1, 0.15) is 12.1 Å². The van der Waals surface area contributed by atoms with Crippen molar-refractivity contribution in [3.05, 3.63) is 28.8 Å². The summed E-state index contributed by atoms with van der Waals surface area (Å²) < 4.78 is 0. The molecule has 1 atom stereocenters. The molecule has 0 aromatic heterocycles. The molecule has 2 rings (SSSR count). The topological polar surface area (TPSA) is 73.2 Å². The molecule has 20 heavy (non-hydrogen) atoms. The fourth-order valence-corrected chi connectivity index (χ4v) is 2.43. The van der Waals surface area contributed by atoms with Gasteiger partial charge in [-0.25, -0.2) is 0 Å². The maximum absolute atomic E-state index is 12.1. The third kappa shape index (κ3) is 2.61. The maximum atomic E-state index is 12.1. The average Bonchev–Trinajstić information content (AvgIpc) is 2.64. The number of hydrogen-bond donors (Lipinski definition) is 1. The third-order valence-corrected chi connectivity index (χ3v) is 3.44. The van der Waals surface area contributed by atoms with Crippen LogP contribution in [0.25, 0.3) is 0 Å². The van der Waals surface area contributed by atoms with Crippen LogP contribution >= 0.6 is 11.6 Å². The van der Waals surface area contributed by atoms with Crippen LogP contribution in [0.2, 0.25) is 5.02 Å². The molecule has 2 amide bonds. The molecule has 1 heterocycles. The second kappa shape index (κ2) is 5.51. The molecule has 1 unspecified atom stereocenters. The summed E-state index contributed by atoms with van der Waals surface area (Å²) in [6.45, 7) is 3.60. The highest BCUT2D eigenvalue weighted by Crippen LogP contribution is 2.24. The second-order valence-electron chi connectivity index (χ2n) is 4.90. The Labute approximate surface area is 122 Å². The van der Waals surface area contributed by atoms with E-state index in [1.165, 1.54) is 4.90 Å². The van der Waals surface area contributed by atoms with E-state index in [0.29, 0.717) is 16.3 Å². The molecular formula is C14H14ClN3O2. The van der Waals surface area contributed by atoms with Crippen LogP contribution in [0, 0.1) is 11.3 Å². The molecule has 6 heteroatoms. The van der Waals surface area contributed by atoms with Crippen molar-refractivity contribution in [2.45, 2.75) is 32.4 Å². The van der Waals surface area contributed by atoms with Crippen LogP contribution in [0.4, 0.5) is 5.69 Å². The van der Waals surface area contributed by atoms with E-state index in [-0.39, 0.29) is 24.3 Å². The van der Waals surface area contributed by atoms with Crippen LogP contribution in [-0.4, -0.2) is 28.8 Å². The van der Waals surface area contributed by atoms with Gasteiger partial charge in [-0.05, 0) is 32.0 Å². The largest absolute Gasteiger partial charge is 0.373 e. The molecule has 0 radical (unpaired) electrons. The zero-order valence-corrected chi connectivity index (χ0v) is 11.9. The first-order valence-corrected chi connectivity index (χ1v) is 6.64. The van der Waals surface area contributed by atoms with E-state index in [1.807, 2.05) is 6.07 Å². The van der Waals surface area contributed by atoms with Gasteiger partial charge in [-0.2, -0.15) is 5.26 Å². The van der Waals surface area contributed by atoms with Gasteiger partial charge in [0.15, 0.2) is 0 Å². The fraction of sp³-hybridized carbons (Fsp3) is 0.357. The summed E-state index contributed by atoms with van der Waals surface area (Å²) in [5, 5.41) is 12.1. The lowest BCUT2D eigenvalue weighted by molar-refractivity contribution is -0.140. The van der Waals surface area contributed by atoms with Crippen LogP contribution in [0.3, 0.4) is 0 Å². The molecule has 0 aliphatic carbocycles. The van der Waals surface area contributed by atoms with Gasteiger partial charge in [0, 0.05) is 11.7 Å². The summed E-state index contributed by atoms with van der Waals surface area (Å²) >= 11 is 5.93. The molecule has 1 aromatic rings. The molecule has 1 aromatic carbocycles. The van der Waals surface area contributed by atoms with Crippen molar-refractivity contribution in [3.63, 3.8) is 0 Å². The number of rotatable bonds is 3. The number of nitrogens with zero attached hydrogens (tertiary/aromatic N) is 2. The van der Waals surface area contributed by atoms with Crippen molar-refractivity contribution >= 4 is 29.1 Å². The van der Waals surface area contributed by atoms with Gasteiger partial charge >= 0.3 is 0 Å². The number of nitriles is 1. The molecule has 1 fully saturated rings. The zero-order chi connectivity index (χ0) is 14.9. The normalized spacial score (nSPS) is 18.6. The molecule has 0 spiro atoms. The number of imide groups is 1. The zero-order valence-electron chi connectivity index (χ0n) is 11.2. The predicted molar refractivity (Wildman–Crippen MR) is 75.2 cm³/mol. The van der Waals surface area contributed by atoms with Gasteiger partial charge in [0.05, 0.1) is 17.0 Å². The van der Waals surface area contributed by atoms with Gasteiger partial charge in [-0.1, -0.05) is 11.6 Å². The van der Waals surface area contributed by atoms with Crippen molar-refractivity contribution in [1.82, 2.24) is 4.90 Å². The maximum Gasteiger partial charge on any atom is 0.252 e. The van der Waals surface area contributed by atoms with Crippen LogP contribution in [0.5, 0.6) is 0 Å². The molecule has 1 N–H and O–H groups in total. The van der Waals surface area contributed by atoms with E-state index in [4.69, 9.17) is 16.9 Å². The number of nitrogens with one attached hydrogen (secondary N) is 1. The van der Waals surface area contributed by atoms with Crippen LogP contribution < -0.4 is 5.32 Å². The number of benzene rings is 1. The van der Waals surface area contributed by atoms with Gasteiger partial charge in [0.25, 0.3) is 5.91 Å². The Morgan fingerprint density at radius 2 is 2.15 bits per heavy atom. The first-order chi connectivity index (χ1) is 9.43. The third-order valence-electron chi connectivity index (χ3n) is 3.13. The van der Waals surface area contributed by atoms with E-state index < -0.39 is 6.04 Å². The minimum atomic E-state index is -0.575. The molecule has 1 saturated heterocycles. The Morgan fingerprint density at radius 3 is 2.65 bits per heavy atom. The van der Waals surface area contributed by atoms with Gasteiger partial charge in [-0.15, -0.1) is 0 Å². The minimum Gasteiger partial charge on any atom is -0.373 e. The van der Waals surface area contributed by atoms with Crippen molar-refractivity contribution in [3.8, 4) is 6.07 Å². The lowest BCUT2D eigenvalue weighted by Gasteiger charge is -2.19. The first-order valence-electron chi connectivity index (χ1n) is 6.26. The molecular weight excluding hydrogens is 278 g/mol. The standard InChI is InChI=1S/C14H14ClN3O2/c1-8(2)18-13(19)6-12(14(18)20)17-10-4-3-9(7-16)11(15)5-10/h3-5,8,12,17H,6H2,1-2H3. The van der Waals surface area contributed by atoms with E-state index in [0.717, 1.165) is 0 Å². The lowest BCUT2D eigenvalue weighted by Crippen LogP contribution is -2.39. The summed E-state index contributed by atoms with van der Waals surface area (Å²) in [6.07, 6.45) is 0.134. The summed E-state index contributed by atoms with van der Waals surface area (Å²) in [5.41, 5.74) is 0.987. The number of carbonyl (C=O) groups excluding carboxylic acids is 2. The highest BCUT2D eigenvalue weighted by molar-refractivity contribution is 6.32. The Bertz CT molecular complexity index is 607. The predicted octanol–water partition coefficient (Wildman–Crippen LogP) is 2.16. The van der Waals surface area contributed by atoms with E-state index in [1.54, 1.807) is 32.0 Å². The van der Waals surface area contributed by atoms with Gasteiger partial charge in [0.2, 0.25) is 5.91 Å². The Kier molecular flexibility index (Phi) is 3.96. The number of carbonyl (C=O) groups is 2. The number of anilines is 1. The van der Waals surface area contributed by atoms with Crippen LogP contribution in [-0.2, 0) is 9.59 Å². The highest BCUT2D eigenvalue weighted by Gasteiger charge is 2.39. The molecule has 5 nitrogen and oxygen atoms in total. The number of hydrogen-bond acceptors (Lipinski definition) is 4. The molecule has 1 aliphatic heterocycles. The number of amides is 2. The smallest absolute Gasteiger partial charge is 0.252 e. The monoisotopic (exact) mass is 291 g/mol. The van der Waals surface area contributed by atoms with Crippen molar-refractivity contribution in [2.75, 3.05) is 5.32 Å². The van der Waals surface area contributed by atoms with Crippen molar-refractivity contribution < 1.29 is 9.59 Å². The number of halogens is 1. The second-order valence-corrected chi connectivity index (χ2v) is 5.31. The SMILES string of the molecule is CC(C)N1C(=O)CC(Nc2ccc(C#N)c(Cl)c2)C1=O. The quantitative estimate of drug-likeness (QED) is 0.866. The van der Waals surface area contributed by atoms with Gasteiger partial charge < -0.3 is 5.32 Å². The fourth-order valence-electron chi connectivity index (χ4n) is 2.20. The summed E-state index contributed by atoms with van der Waals surface area (Å²) in [6, 6.07) is 6.06. The average molecular weight is 292 g/mol. The Balaban J connectivity index is 2.16. The summed E-state index contributed by atoms with van der Waals surface area (Å²) in [7, 11) is 0. The summed E-state index contributed by atoms with van der Waals surface area (Å²) in [5.74, 6) is -0.410. The van der Waals surface area contributed by atoms with E-state index in [2.05, 4.69) is 5.32 Å². The molecule has 0 bridgehead atoms. The minimum absolute atomic E-state index is 0.134. The molecule has 104 valence electrons. The molecule has 0 saturated carbocycles. The first kappa shape index (κ1) is 14.4. The summed E-state index contributed by atoms with van der Waals surface area (Å²) in [4.78, 5) is 25.2. The highest BCUT2D eigenvalue weighted by atomic mass is 35.5. The van der Waals surface area contributed by atoms with Crippen LogP contribution in [0.15, 0.2) is 18.2 Å². The Hall–Kier alpha value is -2.06. The van der Waals surface area contributed by atoms with E-state index >= 15 is 0 Å². The van der Waals surface area contributed by atoms with Crippen molar-refractivity contribution in [2.24, 2.45) is 0 Å². The molecule has 1 aliphatic rings. The van der Waals surface area contributed by atoms with Gasteiger partial charge in [-0.3, -0.25) is 14.5 Å². The van der Waals surface area contributed by atoms with E-state index in [9.17, 15) is 9.59 Å².